The minimum atomic E-state index is -0.330. The summed E-state index contributed by atoms with van der Waals surface area (Å²) in [6.07, 6.45) is 2.80. The van der Waals surface area contributed by atoms with E-state index < -0.39 is 0 Å². The SMILES string of the molecule is COc1ccc(CCNc2nccc(-c3cccc(NCCC(N)=O)c3)n2)cc1OC. The zero-order chi connectivity index (χ0) is 22.1. The van der Waals surface area contributed by atoms with E-state index in [1.807, 2.05) is 48.5 Å². The van der Waals surface area contributed by atoms with Gasteiger partial charge >= 0.3 is 0 Å². The molecule has 0 atom stereocenters. The smallest absolute Gasteiger partial charge is 0.223 e. The lowest BCUT2D eigenvalue weighted by Crippen LogP contribution is -2.15. The summed E-state index contributed by atoms with van der Waals surface area (Å²) in [4.78, 5) is 19.8. The molecule has 0 saturated carbocycles. The maximum Gasteiger partial charge on any atom is 0.223 e. The maximum atomic E-state index is 10.9. The maximum absolute atomic E-state index is 10.9. The van der Waals surface area contributed by atoms with Gasteiger partial charge in [-0.1, -0.05) is 18.2 Å². The molecule has 8 nitrogen and oxygen atoms in total. The number of nitrogens with two attached hydrogens (primary N) is 1. The highest BCUT2D eigenvalue weighted by atomic mass is 16.5. The summed E-state index contributed by atoms with van der Waals surface area (Å²) in [5.41, 5.74) is 8.97. The summed E-state index contributed by atoms with van der Waals surface area (Å²) < 4.78 is 10.6. The first kappa shape index (κ1) is 21.9. The average molecular weight is 422 g/mol. The number of aromatic nitrogens is 2. The molecule has 0 saturated heterocycles. The van der Waals surface area contributed by atoms with E-state index in [-0.39, 0.29) is 12.3 Å². The number of benzene rings is 2. The van der Waals surface area contributed by atoms with Gasteiger partial charge in [0.25, 0.3) is 0 Å². The molecule has 0 radical (unpaired) electrons. The molecule has 8 heteroatoms. The van der Waals surface area contributed by atoms with Crippen LogP contribution in [-0.4, -0.2) is 43.2 Å². The van der Waals surface area contributed by atoms with Gasteiger partial charge in [-0.25, -0.2) is 9.97 Å². The fourth-order valence-electron chi connectivity index (χ4n) is 3.08. The molecule has 0 aliphatic heterocycles. The van der Waals surface area contributed by atoms with Gasteiger partial charge in [0.2, 0.25) is 11.9 Å². The number of nitrogens with zero attached hydrogens (tertiary/aromatic N) is 2. The zero-order valence-electron chi connectivity index (χ0n) is 17.7. The van der Waals surface area contributed by atoms with Crippen LogP contribution in [0.3, 0.4) is 0 Å². The third kappa shape index (κ3) is 6.33. The number of carbonyl (C=O) groups is 1. The number of nitrogens with one attached hydrogen (secondary N) is 2. The lowest BCUT2D eigenvalue weighted by atomic mass is 10.1. The molecule has 1 heterocycles. The molecule has 1 aromatic heterocycles. The molecule has 4 N–H and O–H groups in total. The topological polar surface area (TPSA) is 111 Å². The Morgan fingerprint density at radius 3 is 2.61 bits per heavy atom. The van der Waals surface area contributed by atoms with E-state index >= 15 is 0 Å². The first-order chi connectivity index (χ1) is 15.1. The third-order valence-electron chi connectivity index (χ3n) is 4.66. The van der Waals surface area contributed by atoms with E-state index in [4.69, 9.17) is 15.2 Å². The molecule has 3 aromatic rings. The summed E-state index contributed by atoms with van der Waals surface area (Å²) in [5.74, 6) is 1.65. The van der Waals surface area contributed by atoms with Gasteiger partial charge in [0, 0.05) is 37.0 Å². The molecule has 31 heavy (non-hydrogen) atoms. The largest absolute Gasteiger partial charge is 0.493 e. The van der Waals surface area contributed by atoms with Crippen molar-refractivity contribution in [3.05, 3.63) is 60.3 Å². The van der Waals surface area contributed by atoms with Crippen LogP contribution >= 0.6 is 0 Å². The van der Waals surface area contributed by atoms with Gasteiger partial charge in [0.05, 0.1) is 19.9 Å². The lowest BCUT2D eigenvalue weighted by Gasteiger charge is -2.11. The highest BCUT2D eigenvalue weighted by Gasteiger charge is 2.06. The molecule has 3 rings (SSSR count). The Morgan fingerprint density at radius 2 is 1.84 bits per heavy atom. The molecule has 2 aromatic carbocycles. The lowest BCUT2D eigenvalue weighted by molar-refractivity contribution is -0.117. The predicted octanol–water partition coefficient (Wildman–Crippen LogP) is 3.10. The molecule has 0 aliphatic carbocycles. The number of carbonyl (C=O) groups excluding carboxylic acids is 1. The van der Waals surface area contributed by atoms with Gasteiger partial charge in [0.15, 0.2) is 11.5 Å². The number of anilines is 2. The van der Waals surface area contributed by atoms with Crippen molar-refractivity contribution in [3.63, 3.8) is 0 Å². The van der Waals surface area contributed by atoms with Crippen molar-refractivity contribution in [2.45, 2.75) is 12.8 Å². The van der Waals surface area contributed by atoms with Crippen molar-refractivity contribution in [1.29, 1.82) is 0 Å². The minimum absolute atomic E-state index is 0.284. The quantitative estimate of drug-likeness (QED) is 0.436. The molecular formula is C23H27N5O3. The second-order valence-corrected chi connectivity index (χ2v) is 6.86. The molecule has 1 amide bonds. The van der Waals surface area contributed by atoms with Crippen molar-refractivity contribution in [2.24, 2.45) is 5.73 Å². The van der Waals surface area contributed by atoms with E-state index in [1.54, 1.807) is 20.4 Å². The number of rotatable bonds is 11. The van der Waals surface area contributed by atoms with E-state index in [1.165, 1.54) is 0 Å². The van der Waals surface area contributed by atoms with Gasteiger partial charge < -0.3 is 25.8 Å². The Bertz CT molecular complexity index is 1030. The molecule has 162 valence electrons. The van der Waals surface area contributed by atoms with Crippen molar-refractivity contribution >= 4 is 17.5 Å². The van der Waals surface area contributed by atoms with Crippen LogP contribution in [0, 0.1) is 0 Å². The Labute approximate surface area is 181 Å². The van der Waals surface area contributed by atoms with E-state index in [2.05, 4.69) is 20.6 Å². The first-order valence-corrected chi connectivity index (χ1v) is 9.99. The minimum Gasteiger partial charge on any atom is -0.493 e. The molecule has 0 unspecified atom stereocenters. The second kappa shape index (κ2) is 10.8. The molecular weight excluding hydrogens is 394 g/mol. The average Bonchev–Trinajstić information content (AvgIpc) is 2.79. The standard InChI is InChI=1S/C23H27N5O3/c1-30-20-7-6-16(14-21(20)31-2)8-11-26-23-27-12-9-19(28-23)17-4-3-5-18(15-17)25-13-10-22(24)29/h3-7,9,12,14-15,25H,8,10-11,13H2,1-2H3,(H2,24,29)(H,26,27,28). The van der Waals surface area contributed by atoms with E-state index in [0.29, 0.717) is 30.5 Å². The third-order valence-corrected chi connectivity index (χ3v) is 4.66. The molecule has 0 aliphatic rings. The summed E-state index contributed by atoms with van der Waals surface area (Å²) in [7, 11) is 3.25. The normalized spacial score (nSPS) is 10.4. The molecule has 0 fully saturated rings. The summed E-state index contributed by atoms with van der Waals surface area (Å²) in [6.45, 7) is 1.17. The van der Waals surface area contributed by atoms with Crippen molar-refractivity contribution in [3.8, 4) is 22.8 Å². The van der Waals surface area contributed by atoms with Gasteiger partial charge in [-0.3, -0.25) is 4.79 Å². The number of methoxy groups -OCH3 is 2. The number of hydrogen-bond acceptors (Lipinski definition) is 7. The summed E-state index contributed by atoms with van der Waals surface area (Å²) in [5, 5.41) is 6.46. The van der Waals surface area contributed by atoms with Crippen LogP contribution in [0.4, 0.5) is 11.6 Å². The van der Waals surface area contributed by atoms with E-state index in [0.717, 1.165) is 28.9 Å². The van der Waals surface area contributed by atoms with Gasteiger partial charge in [0.1, 0.15) is 0 Å². The van der Waals surface area contributed by atoms with Crippen molar-refractivity contribution in [1.82, 2.24) is 9.97 Å². The van der Waals surface area contributed by atoms with Crippen LogP contribution < -0.4 is 25.8 Å². The Hall–Kier alpha value is -3.81. The molecule has 0 spiro atoms. The fourth-order valence-corrected chi connectivity index (χ4v) is 3.08. The van der Waals surface area contributed by atoms with Gasteiger partial charge in [-0.2, -0.15) is 0 Å². The summed E-state index contributed by atoms with van der Waals surface area (Å²) >= 11 is 0. The van der Waals surface area contributed by atoms with Crippen LogP contribution in [0.2, 0.25) is 0 Å². The van der Waals surface area contributed by atoms with Crippen molar-refractivity contribution in [2.75, 3.05) is 37.9 Å². The highest BCUT2D eigenvalue weighted by Crippen LogP contribution is 2.27. The first-order valence-electron chi connectivity index (χ1n) is 9.99. The second-order valence-electron chi connectivity index (χ2n) is 6.86. The van der Waals surface area contributed by atoms with Crippen LogP contribution in [0.5, 0.6) is 11.5 Å². The van der Waals surface area contributed by atoms with Crippen molar-refractivity contribution < 1.29 is 14.3 Å². The Kier molecular flexibility index (Phi) is 7.64. The highest BCUT2D eigenvalue weighted by molar-refractivity contribution is 5.74. The predicted molar refractivity (Wildman–Crippen MR) is 122 cm³/mol. The molecule has 0 bridgehead atoms. The van der Waals surface area contributed by atoms with Gasteiger partial charge in [-0.05, 0) is 42.3 Å². The summed E-state index contributed by atoms with van der Waals surface area (Å²) in [6, 6.07) is 15.6. The number of amides is 1. The fraction of sp³-hybridized carbons (Fsp3) is 0.261. The number of primary amides is 1. The number of ether oxygens (including phenoxy) is 2. The monoisotopic (exact) mass is 421 g/mol. The van der Waals surface area contributed by atoms with E-state index in [9.17, 15) is 4.79 Å². The van der Waals surface area contributed by atoms with Crippen LogP contribution in [0.25, 0.3) is 11.3 Å². The Morgan fingerprint density at radius 1 is 1.00 bits per heavy atom. The van der Waals surface area contributed by atoms with Gasteiger partial charge in [-0.15, -0.1) is 0 Å². The number of hydrogen-bond donors (Lipinski definition) is 3. The van der Waals surface area contributed by atoms with Crippen LogP contribution in [-0.2, 0) is 11.2 Å². The zero-order valence-corrected chi connectivity index (χ0v) is 17.7. The van der Waals surface area contributed by atoms with Crippen LogP contribution in [0.1, 0.15) is 12.0 Å². The Balaban J connectivity index is 1.61. The van der Waals surface area contributed by atoms with Crippen LogP contribution in [0.15, 0.2) is 54.7 Å².